The molecule has 140 valence electrons. The van der Waals surface area contributed by atoms with E-state index in [0.29, 0.717) is 17.6 Å². The van der Waals surface area contributed by atoms with E-state index in [9.17, 15) is 4.39 Å². The second kappa shape index (κ2) is 7.83. The summed E-state index contributed by atoms with van der Waals surface area (Å²) in [5, 5.41) is 11.6. The van der Waals surface area contributed by atoms with Gasteiger partial charge >= 0.3 is 0 Å². The Morgan fingerprint density at radius 1 is 1.04 bits per heavy atom. The Kier molecular flexibility index (Phi) is 4.92. The van der Waals surface area contributed by atoms with Crippen LogP contribution in [0.25, 0.3) is 5.69 Å². The average molecular weight is 376 g/mol. The lowest BCUT2D eigenvalue weighted by molar-refractivity contribution is 0.460. The van der Waals surface area contributed by atoms with Gasteiger partial charge in [0, 0.05) is 12.3 Å². The number of anilines is 1. The molecule has 28 heavy (non-hydrogen) atoms. The molecule has 0 aliphatic rings. The maximum atomic E-state index is 13.0. The molecule has 0 amide bonds. The zero-order valence-electron chi connectivity index (χ0n) is 15.0. The van der Waals surface area contributed by atoms with Crippen molar-refractivity contribution in [3.05, 3.63) is 84.6 Å². The van der Waals surface area contributed by atoms with Crippen molar-refractivity contribution < 1.29 is 9.13 Å². The van der Waals surface area contributed by atoms with Crippen LogP contribution < -0.4 is 10.1 Å². The Morgan fingerprint density at radius 2 is 1.82 bits per heavy atom. The van der Waals surface area contributed by atoms with Crippen LogP contribution in [0.3, 0.4) is 0 Å². The van der Waals surface area contributed by atoms with Gasteiger partial charge in [-0.3, -0.25) is 0 Å². The third kappa shape index (κ3) is 4.12. The number of benzene rings is 2. The summed E-state index contributed by atoms with van der Waals surface area (Å²) in [6.07, 6.45) is 3.44. The molecule has 4 aromatic rings. The molecule has 1 N–H and O–H groups in total. The number of halogens is 1. The van der Waals surface area contributed by atoms with Crippen LogP contribution in [0.2, 0.25) is 0 Å². The van der Waals surface area contributed by atoms with Gasteiger partial charge in [0.25, 0.3) is 0 Å². The van der Waals surface area contributed by atoms with Crippen LogP contribution in [0, 0.1) is 5.82 Å². The van der Waals surface area contributed by atoms with Crippen molar-refractivity contribution in [2.45, 2.75) is 13.0 Å². The first-order valence-corrected chi connectivity index (χ1v) is 8.68. The largest absolute Gasteiger partial charge is 0.439 e. The molecule has 8 heteroatoms. The van der Waals surface area contributed by atoms with Gasteiger partial charge in [0.2, 0.25) is 11.8 Å². The first kappa shape index (κ1) is 17.6. The predicted molar refractivity (Wildman–Crippen MR) is 102 cm³/mol. The molecule has 2 aromatic carbocycles. The van der Waals surface area contributed by atoms with E-state index in [-0.39, 0.29) is 11.9 Å². The fourth-order valence-corrected chi connectivity index (χ4v) is 2.54. The summed E-state index contributed by atoms with van der Waals surface area (Å²) in [5.41, 5.74) is 1.68. The Balaban J connectivity index is 1.45. The van der Waals surface area contributed by atoms with Gasteiger partial charge in [-0.25, -0.2) is 14.1 Å². The highest BCUT2D eigenvalue weighted by molar-refractivity contribution is 5.34. The van der Waals surface area contributed by atoms with E-state index in [0.717, 1.165) is 11.4 Å². The molecule has 0 radical (unpaired) electrons. The summed E-state index contributed by atoms with van der Waals surface area (Å²) in [7, 11) is 0. The number of para-hydroxylation sites is 1. The van der Waals surface area contributed by atoms with Crippen molar-refractivity contribution in [3.63, 3.8) is 0 Å². The Bertz CT molecular complexity index is 1050. The third-order valence-corrected chi connectivity index (χ3v) is 3.99. The first-order valence-electron chi connectivity index (χ1n) is 8.68. The quantitative estimate of drug-likeness (QED) is 0.544. The lowest BCUT2D eigenvalue weighted by Crippen LogP contribution is -2.10. The molecule has 2 aromatic heterocycles. The highest BCUT2D eigenvalue weighted by Gasteiger charge is 2.13. The number of ether oxygens (including phenoxy) is 1. The Hall–Kier alpha value is -3.81. The van der Waals surface area contributed by atoms with Gasteiger partial charge in [-0.1, -0.05) is 23.4 Å². The normalized spacial score (nSPS) is 11.8. The molecular weight excluding hydrogens is 359 g/mol. The number of nitrogens with one attached hydrogen (secondary N) is 1. The third-order valence-electron chi connectivity index (χ3n) is 3.99. The summed E-state index contributed by atoms with van der Waals surface area (Å²) >= 11 is 0. The summed E-state index contributed by atoms with van der Waals surface area (Å²) in [6.45, 7) is 1.94. The van der Waals surface area contributed by atoms with E-state index < -0.39 is 0 Å². The van der Waals surface area contributed by atoms with E-state index in [1.165, 1.54) is 24.3 Å². The van der Waals surface area contributed by atoms with Gasteiger partial charge in [-0.15, -0.1) is 5.10 Å². The molecule has 0 aliphatic heterocycles. The van der Waals surface area contributed by atoms with E-state index in [1.54, 1.807) is 16.9 Å². The summed E-state index contributed by atoms with van der Waals surface area (Å²) in [5.74, 6) is 0.908. The summed E-state index contributed by atoms with van der Waals surface area (Å²) in [6, 6.07) is 16.9. The molecule has 2 heterocycles. The first-order chi connectivity index (χ1) is 13.7. The van der Waals surface area contributed by atoms with Crippen LogP contribution in [0.4, 0.5) is 10.3 Å². The standard InChI is InChI=1S/C20H17FN6O/c1-14(18-13-27(26-25-18)16-5-3-2-4-6-16)23-20-22-12-11-19(24-20)28-17-9-7-15(21)8-10-17/h2-14H,1H3,(H,22,23,24). The van der Waals surface area contributed by atoms with Crippen LogP contribution in [0.1, 0.15) is 18.7 Å². The fourth-order valence-electron chi connectivity index (χ4n) is 2.54. The summed E-state index contributed by atoms with van der Waals surface area (Å²) in [4.78, 5) is 8.54. The molecule has 0 bridgehead atoms. The van der Waals surface area contributed by atoms with Crippen molar-refractivity contribution >= 4 is 5.95 Å². The van der Waals surface area contributed by atoms with Gasteiger partial charge in [0.1, 0.15) is 17.3 Å². The molecule has 0 saturated heterocycles. The Morgan fingerprint density at radius 3 is 2.61 bits per heavy atom. The zero-order chi connectivity index (χ0) is 19.3. The van der Waals surface area contributed by atoms with E-state index in [2.05, 4.69) is 25.6 Å². The number of nitrogens with zero attached hydrogens (tertiary/aromatic N) is 5. The topological polar surface area (TPSA) is 77.8 Å². The second-order valence-electron chi connectivity index (χ2n) is 6.06. The molecule has 0 saturated carbocycles. The predicted octanol–water partition coefficient (Wildman–Crippen LogP) is 4.16. The van der Waals surface area contributed by atoms with Gasteiger partial charge in [0.15, 0.2) is 0 Å². The second-order valence-corrected chi connectivity index (χ2v) is 6.06. The number of hydrogen-bond acceptors (Lipinski definition) is 6. The Labute approximate surface area is 160 Å². The lowest BCUT2D eigenvalue weighted by Gasteiger charge is -2.11. The van der Waals surface area contributed by atoms with Crippen LogP contribution in [-0.2, 0) is 0 Å². The van der Waals surface area contributed by atoms with Crippen LogP contribution >= 0.6 is 0 Å². The number of rotatable bonds is 6. The van der Waals surface area contributed by atoms with Crippen LogP contribution in [-0.4, -0.2) is 25.0 Å². The smallest absolute Gasteiger partial charge is 0.226 e. The molecular formula is C20H17FN6O. The summed E-state index contributed by atoms with van der Waals surface area (Å²) < 4.78 is 20.3. The van der Waals surface area contributed by atoms with E-state index in [1.807, 2.05) is 43.5 Å². The van der Waals surface area contributed by atoms with Crippen LogP contribution in [0.5, 0.6) is 11.6 Å². The van der Waals surface area contributed by atoms with Crippen molar-refractivity contribution in [2.24, 2.45) is 0 Å². The number of aromatic nitrogens is 5. The minimum absolute atomic E-state index is 0.168. The SMILES string of the molecule is CC(Nc1nccc(Oc2ccc(F)cc2)n1)c1cn(-c2ccccc2)nn1. The average Bonchev–Trinajstić information content (AvgIpc) is 3.21. The van der Waals surface area contributed by atoms with Crippen LogP contribution in [0.15, 0.2) is 73.1 Å². The monoisotopic (exact) mass is 376 g/mol. The molecule has 7 nitrogen and oxygen atoms in total. The zero-order valence-corrected chi connectivity index (χ0v) is 15.0. The van der Waals surface area contributed by atoms with Crippen molar-refractivity contribution in [3.8, 4) is 17.3 Å². The van der Waals surface area contributed by atoms with Crippen molar-refractivity contribution in [2.75, 3.05) is 5.32 Å². The van der Waals surface area contributed by atoms with Gasteiger partial charge in [-0.2, -0.15) is 4.98 Å². The maximum Gasteiger partial charge on any atom is 0.226 e. The maximum absolute atomic E-state index is 13.0. The highest BCUT2D eigenvalue weighted by Crippen LogP contribution is 2.21. The van der Waals surface area contributed by atoms with Gasteiger partial charge < -0.3 is 10.1 Å². The minimum atomic E-state index is -0.324. The number of hydrogen-bond donors (Lipinski definition) is 1. The molecule has 0 spiro atoms. The molecule has 0 fully saturated rings. The molecule has 1 atom stereocenters. The highest BCUT2D eigenvalue weighted by atomic mass is 19.1. The van der Waals surface area contributed by atoms with E-state index in [4.69, 9.17) is 4.74 Å². The molecule has 1 unspecified atom stereocenters. The molecule has 4 rings (SSSR count). The minimum Gasteiger partial charge on any atom is -0.439 e. The molecule has 0 aliphatic carbocycles. The van der Waals surface area contributed by atoms with Crippen molar-refractivity contribution in [1.82, 2.24) is 25.0 Å². The van der Waals surface area contributed by atoms with E-state index >= 15 is 0 Å². The van der Waals surface area contributed by atoms with Gasteiger partial charge in [-0.05, 0) is 43.3 Å². The van der Waals surface area contributed by atoms with Crippen molar-refractivity contribution in [1.29, 1.82) is 0 Å². The van der Waals surface area contributed by atoms with Gasteiger partial charge in [0.05, 0.1) is 17.9 Å². The fraction of sp³-hybridized carbons (Fsp3) is 0.100. The lowest BCUT2D eigenvalue weighted by atomic mass is 10.2.